The molecule has 0 saturated heterocycles. The summed E-state index contributed by atoms with van der Waals surface area (Å²) in [5.74, 6) is 0.752. The average molecular weight is 494 g/mol. The Labute approximate surface area is 174 Å². The van der Waals surface area contributed by atoms with Crippen molar-refractivity contribution in [2.75, 3.05) is 20.3 Å². The number of hydrogen-bond donors (Lipinski definition) is 2. The normalized spacial score (nSPS) is 12.4. The summed E-state index contributed by atoms with van der Waals surface area (Å²) in [7, 11) is 3.47. The Morgan fingerprint density at radius 2 is 2.07 bits per heavy atom. The lowest BCUT2D eigenvalue weighted by molar-refractivity contribution is 0.203. The number of aryl methyl sites for hydroxylation is 1. The van der Waals surface area contributed by atoms with Crippen LogP contribution in [0.25, 0.3) is 0 Å². The van der Waals surface area contributed by atoms with Gasteiger partial charge in [0.05, 0.1) is 12.6 Å². The maximum Gasteiger partial charge on any atom is 0.192 e. The maximum atomic E-state index is 14.0. The molecule has 1 heterocycles. The highest BCUT2D eigenvalue weighted by molar-refractivity contribution is 14.0. The van der Waals surface area contributed by atoms with Crippen molar-refractivity contribution in [2.45, 2.75) is 26.4 Å². The van der Waals surface area contributed by atoms with Crippen LogP contribution >= 0.6 is 24.0 Å². The number of nitrogens with zero attached hydrogens (tertiary/aromatic N) is 4. The first-order chi connectivity index (χ1) is 12.4. The third-order valence-corrected chi connectivity index (χ3v) is 3.94. The van der Waals surface area contributed by atoms with Crippen LogP contribution in [0.2, 0.25) is 0 Å². The molecule has 0 aliphatic rings. The van der Waals surface area contributed by atoms with Gasteiger partial charge in [-0.2, -0.15) is 0 Å². The predicted molar refractivity (Wildman–Crippen MR) is 110 cm³/mol. The Bertz CT molecular complexity index is 768. The summed E-state index contributed by atoms with van der Waals surface area (Å²) in [6.45, 7) is 4.95. The van der Waals surface area contributed by atoms with E-state index < -0.39 is 17.7 Å². The molecule has 2 aromatic rings. The van der Waals surface area contributed by atoms with E-state index in [1.54, 1.807) is 14.0 Å². The van der Waals surface area contributed by atoms with Crippen LogP contribution in [0.4, 0.5) is 8.78 Å². The van der Waals surface area contributed by atoms with Crippen LogP contribution in [0.15, 0.2) is 23.2 Å². The lowest BCUT2D eigenvalue weighted by Gasteiger charge is -2.19. The van der Waals surface area contributed by atoms with Crippen LogP contribution in [0.1, 0.15) is 30.2 Å². The van der Waals surface area contributed by atoms with E-state index in [0.29, 0.717) is 37.0 Å². The summed E-state index contributed by atoms with van der Waals surface area (Å²) >= 11 is 0. The van der Waals surface area contributed by atoms with Crippen molar-refractivity contribution >= 4 is 29.9 Å². The number of rotatable bonds is 7. The first-order valence-corrected chi connectivity index (χ1v) is 8.26. The van der Waals surface area contributed by atoms with Crippen molar-refractivity contribution in [3.8, 4) is 0 Å². The van der Waals surface area contributed by atoms with Crippen molar-refractivity contribution in [2.24, 2.45) is 12.0 Å². The van der Waals surface area contributed by atoms with Gasteiger partial charge in [-0.3, -0.25) is 0 Å². The topological polar surface area (TPSA) is 76.4 Å². The van der Waals surface area contributed by atoms with E-state index in [4.69, 9.17) is 4.74 Å². The Kier molecular flexibility index (Phi) is 9.56. The van der Waals surface area contributed by atoms with Gasteiger partial charge >= 0.3 is 0 Å². The summed E-state index contributed by atoms with van der Waals surface area (Å²) < 4.78 is 34.0. The molecular weight excluding hydrogens is 469 g/mol. The van der Waals surface area contributed by atoms with Gasteiger partial charge in [-0.05, 0) is 19.9 Å². The van der Waals surface area contributed by atoms with Gasteiger partial charge < -0.3 is 19.9 Å². The van der Waals surface area contributed by atoms with Gasteiger partial charge in [-0.15, -0.1) is 34.2 Å². The van der Waals surface area contributed by atoms with Crippen LogP contribution in [-0.4, -0.2) is 41.0 Å². The molecule has 0 aliphatic carbocycles. The number of ether oxygens (including phenoxy) is 1. The lowest BCUT2D eigenvalue weighted by atomic mass is 10.1. The molecule has 2 N–H and O–H groups in total. The second-order valence-electron chi connectivity index (χ2n) is 5.84. The minimum Gasteiger partial charge on any atom is -0.383 e. The van der Waals surface area contributed by atoms with Gasteiger partial charge in [-0.25, -0.2) is 13.8 Å². The molecular formula is C17H25F2IN6O. The van der Waals surface area contributed by atoms with Crippen LogP contribution in [0.3, 0.4) is 0 Å². The molecule has 1 aromatic carbocycles. The molecule has 0 amide bonds. The van der Waals surface area contributed by atoms with Crippen molar-refractivity contribution in [1.29, 1.82) is 0 Å². The quantitative estimate of drug-likeness (QED) is 0.268. The number of halogens is 3. The highest BCUT2D eigenvalue weighted by Crippen LogP contribution is 2.17. The third kappa shape index (κ3) is 6.69. The number of methoxy groups -OCH3 is 1. The molecule has 0 radical (unpaired) electrons. The van der Waals surface area contributed by atoms with E-state index in [1.807, 2.05) is 18.5 Å². The largest absolute Gasteiger partial charge is 0.383 e. The molecule has 150 valence electrons. The van der Waals surface area contributed by atoms with E-state index in [0.717, 1.165) is 11.9 Å². The molecule has 1 unspecified atom stereocenters. The van der Waals surface area contributed by atoms with Crippen molar-refractivity contribution < 1.29 is 13.5 Å². The SMILES string of the molecule is COCCNC(=NCc1nnc(C)n1C)NC(C)c1ccc(F)cc1F.I. The number of aliphatic imine (C=N–C) groups is 1. The molecule has 1 atom stereocenters. The summed E-state index contributed by atoms with van der Waals surface area (Å²) in [5, 5.41) is 14.3. The predicted octanol–water partition coefficient (Wildman–Crippen LogP) is 2.46. The van der Waals surface area contributed by atoms with E-state index in [1.165, 1.54) is 12.1 Å². The number of hydrogen-bond acceptors (Lipinski definition) is 4. The monoisotopic (exact) mass is 494 g/mol. The first-order valence-electron chi connectivity index (χ1n) is 8.26. The zero-order chi connectivity index (χ0) is 19.1. The van der Waals surface area contributed by atoms with Gasteiger partial charge in [0.15, 0.2) is 11.8 Å². The van der Waals surface area contributed by atoms with Gasteiger partial charge in [0.1, 0.15) is 24.0 Å². The van der Waals surface area contributed by atoms with Crippen molar-refractivity contribution in [3.05, 3.63) is 47.0 Å². The van der Waals surface area contributed by atoms with Crippen molar-refractivity contribution in [3.63, 3.8) is 0 Å². The van der Waals surface area contributed by atoms with Crippen LogP contribution < -0.4 is 10.6 Å². The summed E-state index contributed by atoms with van der Waals surface area (Å²) in [4.78, 5) is 4.47. The van der Waals surface area contributed by atoms with Gasteiger partial charge in [0.2, 0.25) is 0 Å². The maximum absolute atomic E-state index is 14.0. The summed E-state index contributed by atoms with van der Waals surface area (Å²) in [6, 6.07) is 3.10. The number of benzene rings is 1. The molecule has 0 saturated carbocycles. The second-order valence-corrected chi connectivity index (χ2v) is 5.84. The Balaban J connectivity index is 0.00000364. The van der Waals surface area contributed by atoms with E-state index in [-0.39, 0.29) is 24.0 Å². The molecule has 27 heavy (non-hydrogen) atoms. The summed E-state index contributed by atoms with van der Waals surface area (Å²) in [5.41, 5.74) is 0.349. The van der Waals surface area contributed by atoms with Gasteiger partial charge in [0.25, 0.3) is 0 Å². The highest BCUT2D eigenvalue weighted by Gasteiger charge is 2.14. The number of nitrogens with one attached hydrogen (secondary N) is 2. The number of guanidine groups is 1. The fourth-order valence-electron chi connectivity index (χ4n) is 2.30. The Morgan fingerprint density at radius 1 is 1.33 bits per heavy atom. The van der Waals surface area contributed by atoms with E-state index in [2.05, 4.69) is 25.8 Å². The van der Waals surface area contributed by atoms with Crippen LogP contribution in [0.5, 0.6) is 0 Å². The zero-order valence-corrected chi connectivity index (χ0v) is 18.1. The van der Waals surface area contributed by atoms with Gasteiger partial charge in [0, 0.05) is 32.3 Å². The van der Waals surface area contributed by atoms with Crippen LogP contribution in [-0.2, 0) is 18.3 Å². The lowest BCUT2D eigenvalue weighted by Crippen LogP contribution is -2.40. The van der Waals surface area contributed by atoms with Crippen LogP contribution in [0, 0.1) is 18.6 Å². The minimum absolute atomic E-state index is 0. The molecule has 2 rings (SSSR count). The third-order valence-electron chi connectivity index (χ3n) is 3.94. The Hall–Kier alpha value is -1.82. The molecule has 7 nitrogen and oxygen atoms in total. The molecule has 0 spiro atoms. The molecule has 0 aliphatic heterocycles. The molecule has 1 aromatic heterocycles. The fourth-order valence-corrected chi connectivity index (χ4v) is 2.30. The summed E-state index contributed by atoms with van der Waals surface area (Å²) in [6.07, 6.45) is 0. The van der Waals surface area contributed by atoms with E-state index in [9.17, 15) is 8.78 Å². The Morgan fingerprint density at radius 3 is 2.67 bits per heavy atom. The average Bonchev–Trinajstić information content (AvgIpc) is 2.91. The molecule has 10 heteroatoms. The highest BCUT2D eigenvalue weighted by atomic mass is 127. The fraction of sp³-hybridized carbons (Fsp3) is 0.471. The minimum atomic E-state index is -0.608. The van der Waals surface area contributed by atoms with E-state index >= 15 is 0 Å². The van der Waals surface area contributed by atoms with Crippen molar-refractivity contribution in [1.82, 2.24) is 25.4 Å². The second kappa shape index (κ2) is 11.1. The number of aromatic nitrogens is 3. The zero-order valence-electron chi connectivity index (χ0n) is 15.8. The molecule has 0 bridgehead atoms. The standard InChI is InChI=1S/C17H24F2N6O.HI/c1-11(14-6-5-13(18)9-15(14)19)22-17(20-7-8-26-4)21-10-16-24-23-12(2)25(16)3;/h5-6,9,11H,7-8,10H2,1-4H3,(H2,20,21,22);1H. The first kappa shape index (κ1) is 23.2. The van der Waals surface area contributed by atoms with Gasteiger partial charge in [-0.1, -0.05) is 6.07 Å². The smallest absolute Gasteiger partial charge is 0.192 e. The molecule has 0 fully saturated rings.